The summed E-state index contributed by atoms with van der Waals surface area (Å²) in [6.45, 7) is 13.4. The van der Waals surface area contributed by atoms with Gasteiger partial charge in [0.2, 0.25) is 0 Å². The monoisotopic (exact) mass is 746 g/mol. The first kappa shape index (κ1) is 36.2. The fourth-order valence-electron chi connectivity index (χ4n) is 7.52. The topological polar surface area (TPSA) is 51.6 Å². The number of rotatable bonds is 8. The fraction of sp³-hybridized carbons (Fsp3) is 0.250. The third-order valence-corrected chi connectivity index (χ3v) is 18.9. The van der Waals surface area contributed by atoms with E-state index in [0.29, 0.717) is 10.5 Å². The Balaban J connectivity index is 1.53. The molecule has 8 rings (SSSR count). The lowest BCUT2D eigenvalue weighted by Crippen LogP contribution is -2.12. The maximum absolute atomic E-state index is 5.35. The molecule has 8 aromatic rings. The first-order valence-corrected chi connectivity index (χ1v) is 23.8. The van der Waals surface area contributed by atoms with E-state index in [1.807, 2.05) is 0 Å². The van der Waals surface area contributed by atoms with Crippen LogP contribution >= 0.6 is 20.1 Å². The molecule has 0 spiro atoms. The Kier molecular flexibility index (Phi) is 9.06. The fourth-order valence-corrected chi connectivity index (χ4v) is 10.1. The number of benzene rings is 6. The molecular formula is C48H50N4S2. The molecule has 0 unspecified atom stereocenters. The predicted molar refractivity (Wildman–Crippen MR) is 238 cm³/mol. The molecule has 4 nitrogen and oxygen atoms in total. The van der Waals surface area contributed by atoms with Crippen molar-refractivity contribution in [3.8, 4) is 45.0 Å². The predicted octanol–water partition coefficient (Wildman–Crippen LogP) is 13.1. The van der Waals surface area contributed by atoms with Crippen LogP contribution in [-0.2, 0) is 0 Å². The van der Waals surface area contributed by atoms with Gasteiger partial charge in [-0.2, -0.15) is 0 Å². The van der Waals surface area contributed by atoms with Crippen molar-refractivity contribution in [3.63, 3.8) is 0 Å². The van der Waals surface area contributed by atoms with Crippen LogP contribution in [0.3, 0.4) is 0 Å². The van der Waals surface area contributed by atoms with E-state index in [-0.39, 0.29) is 0 Å². The third kappa shape index (κ3) is 5.95. The molecule has 0 bridgehead atoms. The number of hydrogen-bond acceptors (Lipinski definition) is 4. The quantitative estimate of drug-likeness (QED) is 0.115. The molecule has 0 aliphatic heterocycles. The minimum Gasteiger partial charge on any atom is -0.233 e. The highest BCUT2D eigenvalue weighted by Crippen LogP contribution is 2.55. The normalized spacial score (nSPS) is 13.2. The van der Waals surface area contributed by atoms with Crippen molar-refractivity contribution in [2.45, 2.75) is 62.1 Å². The summed E-state index contributed by atoms with van der Waals surface area (Å²) in [7, 11) is -2.27. The second-order valence-electron chi connectivity index (χ2n) is 16.0. The van der Waals surface area contributed by atoms with E-state index in [9.17, 15) is 0 Å². The van der Waals surface area contributed by atoms with Crippen LogP contribution in [-0.4, -0.2) is 55.5 Å². The summed E-state index contributed by atoms with van der Waals surface area (Å²) < 4.78 is 0. The van der Waals surface area contributed by atoms with Crippen molar-refractivity contribution >= 4 is 52.4 Å². The Hall–Kier alpha value is -4.78. The van der Waals surface area contributed by atoms with Crippen molar-refractivity contribution in [1.29, 1.82) is 0 Å². The van der Waals surface area contributed by atoms with E-state index >= 15 is 0 Å². The second kappa shape index (κ2) is 13.5. The van der Waals surface area contributed by atoms with Crippen molar-refractivity contribution in [3.05, 3.63) is 121 Å². The van der Waals surface area contributed by atoms with E-state index in [1.54, 1.807) is 0 Å². The number of aromatic nitrogens is 4. The number of nitrogens with zero attached hydrogens (tertiary/aromatic N) is 4. The number of aryl methyl sites for hydroxylation is 2. The lowest BCUT2D eigenvalue weighted by Gasteiger charge is -2.35. The van der Waals surface area contributed by atoms with Gasteiger partial charge >= 0.3 is 0 Å². The van der Waals surface area contributed by atoms with Crippen LogP contribution in [0.2, 0.25) is 0 Å². The molecule has 2 aromatic heterocycles. The molecule has 0 N–H and O–H groups in total. The molecule has 0 saturated heterocycles. The maximum Gasteiger partial charge on any atom is 0.161 e. The first-order chi connectivity index (χ1) is 25.8. The van der Waals surface area contributed by atoms with Gasteiger partial charge in [-0.05, 0) is 128 Å². The van der Waals surface area contributed by atoms with Gasteiger partial charge in [0.25, 0.3) is 0 Å². The largest absolute Gasteiger partial charge is 0.233 e. The Morgan fingerprint density at radius 1 is 0.426 bits per heavy atom. The third-order valence-electron chi connectivity index (χ3n) is 11.6. The van der Waals surface area contributed by atoms with Crippen molar-refractivity contribution in [2.75, 3.05) is 25.0 Å². The number of hydrogen-bond donors (Lipinski definition) is 0. The lowest BCUT2D eigenvalue weighted by molar-refractivity contribution is 0.989. The zero-order chi connectivity index (χ0) is 38.1. The van der Waals surface area contributed by atoms with Crippen LogP contribution in [0.4, 0.5) is 0 Å². The Morgan fingerprint density at radius 2 is 0.778 bits per heavy atom. The Labute approximate surface area is 323 Å². The highest BCUT2D eigenvalue weighted by Gasteiger charge is 2.27. The molecule has 6 heteroatoms. The molecule has 54 heavy (non-hydrogen) atoms. The van der Waals surface area contributed by atoms with Gasteiger partial charge in [-0.3, -0.25) is 0 Å². The molecule has 0 radical (unpaired) electrons. The van der Waals surface area contributed by atoms with Crippen LogP contribution in [0.1, 0.15) is 39.1 Å². The van der Waals surface area contributed by atoms with Gasteiger partial charge in [0.15, 0.2) is 11.6 Å². The van der Waals surface area contributed by atoms with Crippen LogP contribution in [0.5, 0.6) is 0 Å². The summed E-state index contributed by atoms with van der Waals surface area (Å²) >= 11 is 0. The molecule has 0 fully saturated rings. The zero-order valence-corrected chi connectivity index (χ0v) is 34.8. The Bertz CT molecular complexity index is 2500. The molecular weight excluding hydrogens is 697 g/mol. The molecule has 2 heterocycles. The van der Waals surface area contributed by atoms with Gasteiger partial charge < -0.3 is 0 Å². The van der Waals surface area contributed by atoms with Crippen LogP contribution in [0.15, 0.2) is 119 Å². The lowest BCUT2D eigenvalue weighted by atomic mass is 9.81. The van der Waals surface area contributed by atoms with Gasteiger partial charge in [-0.25, -0.2) is 40.0 Å². The molecule has 0 aliphatic carbocycles. The van der Waals surface area contributed by atoms with Gasteiger partial charge in [0, 0.05) is 22.5 Å². The van der Waals surface area contributed by atoms with E-state index in [4.69, 9.17) is 19.9 Å². The molecule has 0 saturated carbocycles. The van der Waals surface area contributed by atoms with Gasteiger partial charge in [-0.15, -0.1) is 0 Å². The van der Waals surface area contributed by atoms with Crippen molar-refractivity contribution < 1.29 is 0 Å². The molecule has 0 atom stereocenters. The van der Waals surface area contributed by atoms with Gasteiger partial charge in [-0.1, -0.05) is 113 Å². The average Bonchev–Trinajstić information content (AvgIpc) is 3.16. The molecule has 0 amide bonds. The first-order valence-electron chi connectivity index (χ1n) is 18.8. The minimum atomic E-state index is -1.13. The average molecular weight is 747 g/mol. The van der Waals surface area contributed by atoms with Crippen LogP contribution in [0.25, 0.3) is 77.3 Å². The van der Waals surface area contributed by atoms with Crippen LogP contribution < -0.4 is 0 Å². The summed E-state index contributed by atoms with van der Waals surface area (Å²) in [5, 5.41) is 10.5. The van der Waals surface area contributed by atoms with E-state index in [1.165, 1.54) is 43.8 Å². The zero-order valence-electron chi connectivity index (χ0n) is 33.2. The van der Waals surface area contributed by atoms with Crippen LogP contribution in [0, 0.1) is 13.8 Å². The van der Waals surface area contributed by atoms with Gasteiger partial charge in [0.1, 0.15) is 0 Å². The standard InChI is InChI=1S/C48H50N4S2/c1-29(2)53(7,8)41-27-31(5)49-47(51-41)37-23-25-39-43(33-17-13-11-14-18-33)44(34-19-15-12-16-20-34)40-26-24-38(36-22-21-35(37)45(39)46(36)40)48-50-32(6)28-42(52-48)54(9,10)30(3)4/h11-30H,1-10H3. The second-order valence-corrected chi connectivity index (χ2v) is 24.3. The highest BCUT2D eigenvalue weighted by atomic mass is 32.3. The van der Waals surface area contributed by atoms with Crippen molar-refractivity contribution in [2.24, 2.45) is 0 Å². The highest BCUT2D eigenvalue weighted by molar-refractivity contribution is 8.33. The maximum atomic E-state index is 5.35. The summed E-state index contributed by atoms with van der Waals surface area (Å²) in [6, 6.07) is 39.9. The SMILES string of the molecule is Cc1cc(S(C)(C)C(C)C)nc(-c2ccc3c(-c4ccccc4)c(-c4ccccc4)c4ccc(-c5nc(C)cc(S(C)(C)C(C)C)n5)c5ccc2c3c54)n1. The van der Waals surface area contributed by atoms with E-state index in [2.05, 4.69) is 176 Å². The summed E-state index contributed by atoms with van der Waals surface area (Å²) in [5.74, 6) is 1.58. The van der Waals surface area contributed by atoms with Crippen molar-refractivity contribution in [1.82, 2.24) is 19.9 Å². The molecule has 6 aromatic carbocycles. The molecule has 274 valence electrons. The van der Waals surface area contributed by atoms with Gasteiger partial charge in [0.05, 0.1) is 10.1 Å². The Morgan fingerprint density at radius 3 is 1.13 bits per heavy atom. The molecule has 0 aliphatic rings. The smallest absolute Gasteiger partial charge is 0.161 e. The van der Waals surface area contributed by atoms with E-state index < -0.39 is 20.1 Å². The summed E-state index contributed by atoms with van der Waals surface area (Å²) in [6.07, 6.45) is 9.48. The minimum absolute atomic E-state index is 0.501. The summed E-state index contributed by atoms with van der Waals surface area (Å²) in [5.41, 5.74) is 8.97. The van der Waals surface area contributed by atoms with E-state index in [0.717, 1.165) is 55.0 Å². The summed E-state index contributed by atoms with van der Waals surface area (Å²) in [4.78, 5) is 20.9.